The van der Waals surface area contributed by atoms with Crippen LogP contribution in [0.4, 0.5) is 0 Å². The number of halogens is 1. The van der Waals surface area contributed by atoms with Gasteiger partial charge < -0.3 is 16.0 Å². The Morgan fingerprint density at radius 2 is 1.96 bits per heavy atom. The number of rotatable bonds is 8. The average molecular weight is 478 g/mol. The van der Waals surface area contributed by atoms with E-state index < -0.39 is 0 Å². The quantitative estimate of drug-likeness (QED) is 0.305. The van der Waals surface area contributed by atoms with Crippen molar-refractivity contribution in [3.05, 3.63) is 35.4 Å². The molecule has 0 aliphatic heterocycles. The van der Waals surface area contributed by atoms with E-state index in [1.807, 2.05) is 43.0 Å². The van der Waals surface area contributed by atoms with Gasteiger partial charge in [-0.15, -0.1) is 24.0 Å². The number of hydrogen-bond donors (Lipinski definition) is 3. The monoisotopic (exact) mass is 478 g/mol. The van der Waals surface area contributed by atoms with Crippen molar-refractivity contribution in [1.82, 2.24) is 16.0 Å². The Labute approximate surface area is 173 Å². The van der Waals surface area contributed by atoms with Gasteiger partial charge in [-0.3, -0.25) is 9.79 Å². The highest BCUT2D eigenvalue weighted by Gasteiger charge is 2.16. The number of carbonyl (C=O) groups is 1. The molecule has 0 aromatic heterocycles. The standard InChI is InChI=1S/C18H30N4OS.HI/c1-6-10-20-16(23)15-9-7-8-14(11-15)12-21-17(19-4)22-13-18(2,3)24-5;/h7-9,11H,6,10,12-13H2,1-5H3,(H,20,23)(H2,19,21,22);1H. The number of amides is 1. The maximum Gasteiger partial charge on any atom is 0.251 e. The Kier molecular flexibility index (Phi) is 11.9. The van der Waals surface area contributed by atoms with Crippen molar-refractivity contribution in [3.63, 3.8) is 0 Å². The molecule has 0 aliphatic carbocycles. The summed E-state index contributed by atoms with van der Waals surface area (Å²) < 4.78 is 0.148. The molecule has 142 valence electrons. The predicted molar refractivity (Wildman–Crippen MR) is 120 cm³/mol. The number of benzene rings is 1. The highest BCUT2D eigenvalue weighted by atomic mass is 127. The summed E-state index contributed by atoms with van der Waals surface area (Å²) >= 11 is 1.82. The highest BCUT2D eigenvalue weighted by molar-refractivity contribution is 14.0. The molecule has 0 radical (unpaired) electrons. The molecule has 0 heterocycles. The van der Waals surface area contributed by atoms with Gasteiger partial charge in [-0.25, -0.2) is 0 Å². The molecule has 7 heteroatoms. The lowest BCUT2D eigenvalue weighted by Gasteiger charge is -2.23. The number of thioether (sulfide) groups is 1. The summed E-state index contributed by atoms with van der Waals surface area (Å²) in [5.41, 5.74) is 1.74. The minimum Gasteiger partial charge on any atom is -0.355 e. The number of guanidine groups is 1. The van der Waals surface area contributed by atoms with Crippen LogP contribution in [0.15, 0.2) is 29.3 Å². The molecular weight excluding hydrogens is 447 g/mol. The maximum atomic E-state index is 12.0. The van der Waals surface area contributed by atoms with Crippen molar-refractivity contribution < 1.29 is 4.79 Å². The van der Waals surface area contributed by atoms with Gasteiger partial charge in [0, 0.05) is 37.0 Å². The first-order chi connectivity index (χ1) is 11.4. The fraction of sp³-hybridized carbons (Fsp3) is 0.556. The van der Waals surface area contributed by atoms with E-state index in [9.17, 15) is 4.79 Å². The van der Waals surface area contributed by atoms with Crippen molar-refractivity contribution in [1.29, 1.82) is 0 Å². The molecule has 0 saturated carbocycles. The highest BCUT2D eigenvalue weighted by Crippen LogP contribution is 2.19. The van der Waals surface area contributed by atoms with Crippen LogP contribution in [0.25, 0.3) is 0 Å². The molecule has 1 aromatic rings. The lowest BCUT2D eigenvalue weighted by molar-refractivity contribution is 0.0953. The fourth-order valence-corrected chi connectivity index (χ4v) is 2.15. The lowest BCUT2D eigenvalue weighted by Crippen LogP contribution is -2.43. The van der Waals surface area contributed by atoms with E-state index in [1.54, 1.807) is 7.05 Å². The van der Waals surface area contributed by atoms with Crippen LogP contribution in [0.1, 0.15) is 43.1 Å². The Morgan fingerprint density at radius 3 is 2.56 bits per heavy atom. The van der Waals surface area contributed by atoms with Gasteiger partial charge >= 0.3 is 0 Å². The van der Waals surface area contributed by atoms with Gasteiger partial charge in [0.1, 0.15) is 0 Å². The Hall–Kier alpha value is -0.960. The summed E-state index contributed by atoms with van der Waals surface area (Å²) in [6.45, 7) is 8.56. The van der Waals surface area contributed by atoms with Crippen LogP contribution in [-0.4, -0.2) is 43.0 Å². The van der Waals surface area contributed by atoms with Crippen molar-refractivity contribution >= 4 is 47.6 Å². The number of carbonyl (C=O) groups excluding carboxylic acids is 1. The summed E-state index contributed by atoms with van der Waals surface area (Å²) in [5.74, 6) is 0.737. The average Bonchev–Trinajstić information content (AvgIpc) is 2.60. The van der Waals surface area contributed by atoms with E-state index in [2.05, 4.69) is 41.0 Å². The molecule has 1 rings (SSSR count). The van der Waals surface area contributed by atoms with Crippen LogP contribution in [0.5, 0.6) is 0 Å². The third-order valence-corrected chi connectivity index (χ3v) is 4.89. The Balaban J connectivity index is 0.00000576. The van der Waals surface area contributed by atoms with Crippen molar-refractivity contribution in [3.8, 4) is 0 Å². The van der Waals surface area contributed by atoms with Gasteiger partial charge in [-0.2, -0.15) is 11.8 Å². The number of aliphatic imine (C=N–C) groups is 1. The van der Waals surface area contributed by atoms with Gasteiger partial charge in [-0.05, 0) is 44.2 Å². The molecule has 0 atom stereocenters. The molecule has 25 heavy (non-hydrogen) atoms. The summed E-state index contributed by atoms with van der Waals surface area (Å²) in [7, 11) is 1.76. The first kappa shape index (κ1) is 24.0. The second-order valence-electron chi connectivity index (χ2n) is 6.20. The van der Waals surface area contributed by atoms with E-state index >= 15 is 0 Å². The first-order valence-electron chi connectivity index (χ1n) is 8.28. The van der Waals surface area contributed by atoms with E-state index in [0.717, 1.165) is 24.5 Å². The molecule has 5 nitrogen and oxygen atoms in total. The van der Waals surface area contributed by atoms with Gasteiger partial charge in [-0.1, -0.05) is 19.1 Å². The molecule has 1 amide bonds. The maximum absolute atomic E-state index is 12.0. The minimum atomic E-state index is -0.0251. The van der Waals surface area contributed by atoms with Crippen molar-refractivity contribution in [2.45, 2.75) is 38.5 Å². The normalized spacial score (nSPS) is 11.5. The number of nitrogens with zero attached hydrogens (tertiary/aromatic N) is 1. The van der Waals surface area contributed by atoms with E-state index in [-0.39, 0.29) is 34.6 Å². The molecule has 0 fully saturated rings. The van der Waals surface area contributed by atoms with E-state index in [4.69, 9.17) is 0 Å². The second kappa shape index (κ2) is 12.4. The Morgan fingerprint density at radius 1 is 1.24 bits per heavy atom. The zero-order valence-corrected chi connectivity index (χ0v) is 19.0. The zero-order valence-electron chi connectivity index (χ0n) is 15.8. The van der Waals surface area contributed by atoms with Gasteiger partial charge in [0.15, 0.2) is 5.96 Å². The number of hydrogen-bond acceptors (Lipinski definition) is 3. The van der Waals surface area contributed by atoms with Crippen LogP contribution >= 0.6 is 35.7 Å². The molecule has 0 unspecified atom stereocenters. The summed E-state index contributed by atoms with van der Waals surface area (Å²) in [6, 6.07) is 7.66. The molecule has 3 N–H and O–H groups in total. The van der Waals surface area contributed by atoms with Crippen LogP contribution in [0.2, 0.25) is 0 Å². The fourth-order valence-electron chi connectivity index (χ4n) is 1.94. The number of nitrogens with one attached hydrogen (secondary N) is 3. The topological polar surface area (TPSA) is 65.5 Å². The molecule has 0 saturated heterocycles. The third-order valence-electron chi connectivity index (χ3n) is 3.64. The summed E-state index contributed by atoms with van der Waals surface area (Å²) in [5, 5.41) is 9.52. The van der Waals surface area contributed by atoms with E-state index in [0.29, 0.717) is 18.7 Å². The lowest BCUT2D eigenvalue weighted by atomic mass is 10.1. The smallest absolute Gasteiger partial charge is 0.251 e. The molecular formula is C18H31IN4OS. The Bertz CT molecular complexity index is 564. The van der Waals surface area contributed by atoms with Crippen molar-refractivity contribution in [2.75, 3.05) is 26.4 Å². The zero-order chi connectivity index (χ0) is 18.0. The van der Waals surface area contributed by atoms with Gasteiger partial charge in [0.25, 0.3) is 5.91 Å². The molecule has 1 aromatic carbocycles. The van der Waals surface area contributed by atoms with Crippen LogP contribution in [0.3, 0.4) is 0 Å². The van der Waals surface area contributed by atoms with Crippen LogP contribution in [0, 0.1) is 0 Å². The molecule has 0 aliphatic rings. The first-order valence-corrected chi connectivity index (χ1v) is 9.51. The van der Waals surface area contributed by atoms with Crippen molar-refractivity contribution in [2.24, 2.45) is 4.99 Å². The largest absolute Gasteiger partial charge is 0.355 e. The summed E-state index contributed by atoms with van der Waals surface area (Å²) in [4.78, 5) is 16.3. The van der Waals surface area contributed by atoms with Gasteiger partial charge in [0.05, 0.1) is 0 Å². The van der Waals surface area contributed by atoms with E-state index in [1.165, 1.54) is 0 Å². The predicted octanol–water partition coefficient (Wildman–Crippen LogP) is 3.25. The SMILES string of the molecule is CCCNC(=O)c1cccc(CNC(=NC)NCC(C)(C)SC)c1.I. The molecule has 0 spiro atoms. The summed E-state index contributed by atoms with van der Waals surface area (Å²) in [6.07, 6.45) is 3.04. The molecule has 0 bridgehead atoms. The minimum absolute atomic E-state index is 0. The van der Waals surface area contributed by atoms with Gasteiger partial charge in [0.2, 0.25) is 0 Å². The van der Waals surface area contributed by atoms with Crippen LogP contribution in [-0.2, 0) is 6.54 Å². The second-order valence-corrected chi connectivity index (χ2v) is 7.71. The van der Waals surface area contributed by atoms with Crippen LogP contribution < -0.4 is 16.0 Å². The third kappa shape index (κ3) is 9.34.